The summed E-state index contributed by atoms with van der Waals surface area (Å²) in [5.41, 5.74) is 1.22. The topological polar surface area (TPSA) is 49.2 Å². The fourth-order valence-corrected chi connectivity index (χ4v) is 4.24. The zero-order valence-corrected chi connectivity index (χ0v) is 19.4. The minimum absolute atomic E-state index is 0. The molecule has 1 aromatic carbocycles. The van der Waals surface area contributed by atoms with E-state index in [9.17, 15) is 0 Å². The highest BCUT2D eigenvalue weighted by molar-refractivity contribution is 7.99. The number of ether oxygens (including phenoxy) is 2. The maximum Gasteiger partial charge on any atom is 0.187 e. The second-order valence-electron chi connectivity index (χ2n) is 6.82. The van der Waals surface area contributed by atoms with Gasteiger partial charge in [0.25, 0.3) is 0 Å². The number of rotatable bonds is 8. The maximum atomic E-state index is 6.46. The van der Waals surface area contributed by atoms with Crippen LogP contribution in [0.5, 0.6) is 0 Å². The van der Waals surface area contributed by atoms with E-state index in [2.05, 4.69) is 22.1 Å². The normalized spacial score (nSPS) is 20.4. The molecule has 1 aliphatic heterocycles. The SMILES string of the molecule is Cl.Cl.Clc1ccc(CCC2(Cn3ccnc3)OCC(CSc3ccncc3)O2)cc1. The number of nitrogens with zero attached hydrogens (tertiary/aromatic N) is 3. The molecule has 2 atom stereocenters. The predicted octanol–water partition coefficient (Wildman–Crippen LogP) is 5.31. The van der Waals surface area contributed by atoms with Crippen molar-refractivity contribution in [3.05, 3.63) is 78.1 Å². The van der Waals surface area contributed by atoms with Gasteiger partial charge in [-0.3, -0.25) is 4.98 Å². The second kappa shape index (κ2) is 11.9. The molecule has 162 valence electrons. The number of imidazole rings is 1. The van der Waals surface area contributed by atoms with Gasteiger partial charge in [0.2, 0.25) is 0 Å². The summed E-state index contributed by atoms with van der Waals surface area (Å²) in [6.45, 7) is 1.21. The Labute approximate surface area is 198 Å². The van der Waals surface area contributed by atoms with Gasteiger partial charge in [-0.25, -0.2) is 4.98 Å². The van der Waals surface area contributed by atoms with Gasteiger partial charge in [-0.15, -0.1) is 36.6 Å². The van der Waals surface area contributed by atoms with Crippen molar-refractivity contribution in [2.45, 2.75) is 36.2 Å². The van der Waals surface area contributed by atoms with Gasteiger partial charge in [0.15, 0.2) is 5.79 Å². The van der Waals surface area contributed by atoms with Crippen LogP contribution >= 0.6 is 48.2 Å². The van der Waals surface area contributed by atoms with Crippen molar-refractivity contribution < 1.29 is 9.47 Å². The summed E-state index contributed by atoms with van der Waals surface area (Å²) >= 11 is 7.76. The van der Waals surface area contributed by atoms with E-state index >= 15 is 0 Å². The first kappa shape index (κ1) is 25.0. The monoisotopic (exact) mass is 487 g/mol. The summed E-state index contributed by atoms with van der Waals surface area (Å²) < 4.78 is 14.7. The summed E-state index contributed by atoms with van der Waals surface area (Å²) in [4.78, 5) is 9.39. The van der Waals surface area contributed by atoms with E-state index < -0.39 is 5.79 Å². The standard InChI is InChI=1S/C21H22ClN3O2S.2ClH/c22-18-3-1-17(2-4-18)5-8-21(15-25-12-11-24-16-25)26-13-19(27-21)14-28-20-6-9-23-10-7-20;;/h1-4,6-7,9-12,16,19H,5,8,13-15H2;2*1H. The molecule has 5 nitrogen and oxygen atoms in total. The number of aromatic nitrogens is 3. The minimum Gasteiger partial charge on any atom is -0.345 e. The summed E-state index contributed by atoms with van der Waals surface area (Å²) in [7, 11) is 0. The van der Waals surface area contributed by atoms with Gasteiger partial charge in [0, 0.05) is 46.9 Å². The third-order valence-electron chi connectivity index (χ3n) is 4.69. The molecule has 9 heteroatoms. The summed E-state index contributed by atoms with van der Waals surface area (Å²) in [5.74, 6) is 0.195. The smallest absolute Gasteiger partial charge is 0.187 e. The van der Waals surface area contributed by atoms with E-state index in [1.807, 2.05) is 47.4 Å². The van der Waals surface area contributed by atoms with Crippen LogP contribution in [0.1, 0.15) is 12.0 Å². The summed E-state index contributed by atoms with van der Waals surface area (Å²) in [6.07, 6.45) is 10.8. The highest BCUT2D eigenvalue weighted by atomic mass is 35.5. The van der Waals surface area contributed by atoms with Gasteiger partial charge in [0.1, 0.15) is 0 Å². The molecule has 3 heterocycles. The molecule has 2 aromatic heterocycles. The number of hydrogen-bond acceptors (Lipinski definition) is 5. The molecule has 0 bridgehead atoms. The lowest BCUT2D eigenvalue weighted by Gasteiger charge is -2.28. The quantitative estimate of drug-likeness (QED) is 0.402. The van der Waals surface area contributed by atoms with Gasteiger partial charge in [-0.2, -0.15) is 0 Å². The number of thioether (sulfide) groups is 1. The van der Waals surface area contributed by atoms with Gasteiger partial charge >= 0.3 is 0 Å². The van der Waals surface area contributed by atoms with Gasteiger partial charge < -0.3 is 14.0 Å². The number of aryl methyl sites for hydroxylation is 1. The maximum absolute atomic E-state index is 6.46. The lowest BCUT2D eigenvalue weighted by molar-refractivity contribution is -0.180. The van der Waals surface area contributed by atoms with Gasteiger partial charge in [-0.05, 0) is 36.2 Å². The third-order valence-corrected chi connectivity index (χ3v) is 6.09. The molecule has 0 aliphatic carbocycles. The Morgan fingerprint density at radius 3 is 2.53 bits per heavy atom. The van der Waals surface area contributed by atoms with Crippen molar-refractivity contribution in [2.24, 2.45) is 0 Å². The van der Waals surface area contributed by atoms with Crippen LogP contribution in [0.4, 0.5) is 0 Å². The van der Waals surface area contributed by atoms with Gasteiger partial charge in [0.05, 0.1) is 25.6 Å². The third kappa shape index (κ3) is 6.87. The molecule has 0 spiro atoms. The van der Waals surface area contributed by atoms with Crippen LogP contribution in [-0.2, 0) is 22.4 Å². The van der Waals surface area contributed by atoms with Crippen molar-refractivity contribution in [3.8, 4) is 0 Å². The van der Waals surface area contributed by atoms with Crippen LogP contribution in [0, 0.1) is 0 Å². The average molecular weight is 489 g/mol. The molecule has 1 fully saturated rings. The zero-order chi connectivity index (χ0) is 19.2. The first-order valence-electron chi connectivity index (χ1n) is 9.26. The molecule has 0 saturated carbocycles. The van der Waals surface area contributed by atoms with E-state index in [1.165, 1.54) is 10.5 Å². The van der Waals surface area contributed by atoms with Crippen molar-refractivity contribution >= 4 is 48.2 Å². The fourth-order valence-electron chi connectivity index (χ4n) is 3.26. The van der Waals surface area contributed by atoms with Crippen LogP contribution < -0.4 is 0 Å². The first-order valence-corrected chi connectivity index (χ1v) is 10.6. The molecule has 3 aromatic rings. The molecular formula is C21H24Cl3N3O2S. The Hall–Kier alpha value is -1.28. The summed E-state index contributed by atoms with van der Waals surface area (Å²) in [5, 5.41) is 0.749. The van der Waals surface area contributed by atoms with Crippen molar-refractivity contribution in [2.75, 3.05) is 12.4 Å². The molecule has 0 radical (unpaired) electrons. The van der Waals surface area contributed by atoms with E-state index in [4.69, 9.17) is 21.1 Å². The molecule has 30 heavy (non-hydrogen) atoms. The van der Waals surface area contributed by atoms with Gasteiger partial charge in [-0.1, -0.05) is 23.7 Å². The Kier molecular flexibility index (Phi) is 9.94. The highest BCUT2D eigenvalue weighted by Gasteiger charge is 2.41. The fraction of sp³-hybridized carbons (Fsp3) is 0.333. The van der Waals surface area contributed by atoms with Crippen LogP contribution in [-0.4, -0.2) is 38.8 Å². The number of benzene rings is 1. The molecule has 0 N–H and O–H groups in total. The molecule has 4 rings (SSSR count). The molecule has 1 aliphatic rings. The van der Waals surface area contributed by atoms with Crippen molar-refractivity contribution in [1.29, 1.82) is 0 Å². The molecule has 0 amide bonds. The highest BCUT2D eigenvalue weighted by Crippen LogP contribution is 2.33. The van der Waals surface area contributed by atoms with Crippen LogP contribution in [0.25, 0.3) is 0 Å². The van der Waals surface area contributed by atoms with E-state index in [-0.39, 0.29) is 30.9 Å². The Morgan fingerprint density at radius 1 is 1.07 bits per heavy atom. The molecule has 1 saturated heterocycles. The predicted molar refractivity (Wildman–Crippen MR) is 125 cm³/mol. The van der Waals surface area contributed by atoms with Crippen molar-refractivity contribution in [1.82, 2.24) is 14.5 Å². The minimum atomic E-state index is -0.649. The number of hydrogen-bond donors (Lipinski definition) is 0. The van der Waals surface area contributed by atoms with E-state index in [0.717, 1.165) is 23.6 Å². The Bertz CT molecular complexity index is 869. The first-order chi connectivity index (χ1) is 13.7. The van der Waals surface area contributed by atoms with Crippen molar-refractivity contribution in [3.63, 3.8) is 0 Å². The summed E-state index contributed by atoms with van der Waals surface area (Å²) in [6, 6.07) is 12.0. The lowest BCUT2D eigenvalue weighted by atomic mass is 10.0. The zero-order valence-electron chi connectivity index (χ0n) is 16.2. The number of halogens is 3. The number of pyridine rings is 1. The average Bonchev–Trinajstić information content (AvgIpc) is 3.38. The second-order valence-corrected chi connectivity index (χ2v) is 8.35. The van der Waals surface area contributed by atoms with Crippen LogP contribution in [0.3, 0.4) is 0 Å². The van der Waals surface area contributed by atoms with E-state index in [1.54, 1.807) is 24.3 Å². The largest absolute Gasteiger partial charge is 0.345 e. The van der Waals surface area contributed by atoms with Crippen LogP contribution in [0.15, 0.2) is 72.4 Å². The molecule has 2 unspecified atom stereocenters. The van der Waals surface area contributed by atoms with Crippen LogP contribution in [0.2, 0.25) is 5.02 Å². The van der Waals surface area contributed by atoms with E-state index in [0.29, 0.717) is 13.2 Å². The Balaban J connectivity index is 0.00000160. The Morgan fingerprint density at radius 2 is 1.83 bits per heavy atom. The lowest BCUT2D eigenvalue weighted by Crippen LogP contribution is -2.37. The molecular weight excluding hydrogens is 465 g/mol.